The Balaban J connectivity index is 1.86. The molecule has 1 aliphatic heterocycles. The van der Waals surface area contributed by atoms with Gasteiger partial charge in [0, 0.05) is 22.4 Å². The number of para-hydroxylation sites is 1. The molecule has 0 saturated carbocycles. The minimum absolute atomic E-state index is 0.592. The first kappa shape index (κ1) is 10.0. The van der Waals surface area contributed by atoms with E-state index in [2.05, 4.69) is 40.6 Å². The fourth-order valence-electron chi connectivity index (χ4n) is 2.23. The lowest BCUT2D eigenvalue weighted by atomic mass is 10.1. The average Bonchev–Trinajstić information content (AvgIpc) is 2.87. The van der Waals surface area contributed by atoms with Gasteiger partial charge in [0.25, 0.3) is 0 Å². The van der Waals surface area contributed by atoms with Crippen LogP contribution in [0.3, 0.4) is 0 Å². The summed E-state index contributed by atoms with van der Waals surface area (Å²) in [6, 6.07) is 6.87. The van der Waals surface area contributed by atoms with Gasteiger partial charge < -0.3 is 5.32 Å². The highest BCUT2D eigenvalue weighted by Crippen LogP contribution is 2.30. The summed E-state index contributed by atoms with van der Waals surface area (Å²) >= 11 is 2.04. The van der Waals surface area contributed by atoms with Crippen molar-refractivity contribution >= 4 is 28.4 Å². The highest BCUT2D eigenvalue weighted by molar-refractivity contribution is 8.00. The van der Waals surface area contributed by atoms with Crippen LogP contribution in [0.4, 0.5) is 5.69 Å². The number of nitrogens with zero attached hydrogens (tertiary/aromatic N) is 1. The first-order valence-corrected chi connectivity index (χ1v) is 6.68. The van der Waals surface area contributed by atoms with Crippen molar-refractivity contribution in [3.8, 4) is 0 Å². The number of fused-ring (bicyclic) bond motifs is 1. The van der Waals surface area contributed by atoms with Crippen LogP contribution in [0.1, 0.15) is 13.3 Å². The zero-order valence-electron chi connectivity index (χ0n) is 9.23. The standard InChI is InChI=1S/C12H15N3S/c1-8-5-10(7-16-8)14-11-4-2-3-9-6-13-15-12(9)11/h2-4,6,8,10,14H,5,7H2,1H3,(H,13,15). The van der Waals surface area contributed by atoms with Gasteiger partial charge in [0.15, 0.2) is 0 Å². The maximum absolute atomic E-state index is 4.08. The number of anilines is 1. The monoisotopic (exact) mass is 233 g/mol. The number of nitrogens with one attached hydrogen (secondary N) is 2. The van der Waals surface area contributed by atoms with Gasteiger partial charge in [0.1, 0.15) is 0 Å². The molecule has 0 amide bonds. The second-order valence-electron chi connectivity index (χ2n) is 4.36. The van der Waals surface area contributed by atoms with Crippen molar-refractivity contribution in [2.24, 2.45) is 0 Å². The summed E-state index contributed by atoms with van der Waals surface area (Å²) in [5.74, 6) is 1.20. The summed E-state index contributed by atoms with van der Waals surface area (Å²) in [5.41, 5.74) is 2.29. The predicted molar refractivity (Wildman–Crippen MR) is 70.0 cm³/mol. The molecule has 2 heterocycles. The molecule has 16 heavy (non-hydrogen) atoms. The van der Waals surface area contributed by atoms with Crippen molar-refractivity contribution in [2.45, 2.75) is 24.6 Å². The zero-order valence-corrected chi connectivity index (χ0v) is 10.1. The number of hydrogen-bond donors (Lipinski definition) is 2. The molecule has 0 bridgehead atoms. The number of rotatable bonds is 2. The van der Waals surface area contributed by atoms with Gasteiger partial charge in [-0.3, -0.25) is 5.10 Å². The largest absolute Gasteiger partial charge is 0.380 e. The van der Waals surface area contributed by atoms with Crippen LogP contribution >= 0.6 is 11.8 Å². The third-order valence-electron chi connectivity index (χ3n) is 3.03. The summed E-state index contributed by atoms with van der Waals surface area (Å²) in [6.45, 7) is 2.29. The summed E-state index contributed by atoms with van der Waals surface area (Å²) in [4.78, 5) is 0. The van der Waals surface area contributed by atoms with Crippen molar-refractivity contribution in [3.63, 3.8) is 0 Å². The van der Waals surface area contributed by atoms with Crippen LogP contribution in [0.5, 0.6) is 0 Å². The summed E-state index contributed by atoms with van der Waals surface area (Å²) in [5, 5.41) is 12.7. The third-order valence-corrected chi connectivity index (χ3v) is 4.39. The van der Waals surface area contributed by atoms with E-state index in [9.17, 15) is 0 Å². The van der Waals surface area contributed by atoms with Crippen LogP contribution in [0, 0.1) is 0 Å². The van der Waals surface area contributed by atoms with Crippen molar-refractivity contribution in [3.05, 3.63) is 24.4 Å². The van der Waals surface area contributed by atoms with E-state index >= 15 is 0 Å². The first-order chi connectivity index (χ1) is 7.83. The van der Waals surface area contributed by atoms with Gasteiger partial charge in [-0.15, -0.1) is 0 Å². The Morgan fingerprint density at radius 3 is 3.25 bits per heavy atom. The van der Waals surface area contributed by atoms with Crippen LogP contribution < -0.4 is 5.32 Å². The molecular formula is C12H15N3S. The predicted octanol–water partition coefficient (Wildman–Crippen LogP) is 2.87. The number of aromatic amines is 1. The lowest BCUT2D eigenvalue weighted by molar-refractivity contribution is 0.747. The molecule has 2 atom stereocenters. The van der Waals surface area contributed by atoms with Crippen molar-refractivity contribution < 1.29 is 0 Å². The van der Waals surface area contributed by atoms with Gasteiger partial charge in [-0.25, -0.2) is 0 Å². The average molecular weight is 233 g/mol. The molecule has 0 radical (unpaired) electrons. The Hall–Kier alpha value is -1.16. The van der Waals surface area contributed by atoms with E-state index in [0.717, 1.165) is 10.8 Å². The Kier molecular flexibility index (Phi) is 2.52. The fraction of sp³-hybridized carbons (Fsp3) is 0.417. The molecule has 1 aromatic carbocycles. The second kappa shape index (κ2) is 4.01. The van der Waals surface area contributed by atoms with Crippen LogP contribution in [0.25, 0.3) is 10.9 Å². The summed E-state index contributed by atoms with van der Waals surface area (Å²) in [7, 11) is 0. The number of H-pyrrole nitrogens is 1. The van der Waals surface area contributed by atoms with Gasteiger partial charge in [-0.1, -0.05) is 19.1 Å². The van der Waals surface area contributed by atoms with E-state index in [4.69, 9.17) is 0 Å². The molecule has 1 saturated heterocycles. The smallest absolute Gasteiger partial charge is 0.0881 e. The molecule has 3 rings (SSSR count). The molecule has 2 N–H and O–H groups in total. The Labute approximate surface area is 99.0 Å². The molecule has 0 spiro atoms. The topological polar surface area (TPSA) is 40.7 Å². The fourth-order valence-corrected chi connectivity index (χ4v) is 3.38. The van der Waals surface area contributed by atoms with E-state index in [0.29, 0.717) is 6.04 Å². The normalized spacial score (nSPS) is 25.1. The molecule has 0 aliphatic carbocycles. The highest BCUT2D eigenvalue weighted by Gasteiger charge is 2.22. The maximum atomic E-state index is 4.08. The van der Waals surface area contributed by atoms with E-state index in [-0.39, 0.29) is 0 Å². The highest BCUT2D eigenvalue weighted by atomic mass is 32.2. The molecule has 1 fully saturated rings. The molecule has 4 heteroatoms. The van der Waals surface area contributed by atoms with Crippen LogP contribution in [0.15, 0.2) is 24.4 Å². The summed E-state index contributed by atoms with van der Waals surface area (Å²) in [6.07, 6.45) is 3.11. The summed E-state index contributed by atoms with van der Waals surface area (Å²) < 4.78 is 0. The van der Waals surface area contributed by atoms with E-state index in [1.54, 1.807) is 0 Å². The van der Waals surface area contributed by atoms with Gasteiger partial charge in [0.2, 0.25) is 0 Å². The van der Waals surface area contributed by atoms with Gasteiger partial charge in [-0.05, 0) is 12.5 Å². The van der Waals surface area contributed by atoms with E-state index < -0.39 is 0 Å². The molecular weight excluding hydrogens is 218 g/mol. The minimum atomic E-state index is 0.592. The van der Waals surface area contributed by atoms with Gasteiger partial charge >= 0.3 is 0 Å². The van der Waals surface area contributed by atoms with Crippen LogP contribution in [0.2, 0.25) is 0 Å². The van der Waals surface area contributed by atoms with E-state index in [1.165, 1.54) is 23.2 Å². The minimum Gasteiger partial charge on any atom is -0.380 e. The van der Waals surface area contributed by atoms with Crippen LogP contribution in [-0.2, 0) is 0 Å². The Bertz CT molecular complexity index is 494. The van der Waals surface area contributed by atoms with Crippen molar-refractivity contribution in [2.75, 3.05) is 11.1 Å². The molecule has 1 aliphatic rings. The van der Waals surface area contributed by atoms with Crippen LogP contribution in [-0.4, -0.2) is 27.2 Å². The quantitative estimate of drug-likeness (QED) is 0.838. The van der Waals surface area contributed by atoms with E-state index in [1.807, 2.05) is 18.0 Å². The SMILES string of the molecule is CC1CC(Nc2cccc3cn[nH]c23)CS1. The van der Waals surface area contributed by atoms with Crippen molar-refractivity contribution in [1.29, 1.82) is 0 Å². The number of benzene rings is 1. The second-order valence-corrected chi connectivity index (χ2v) is 5.83. The zero-order chi connectivity index (χ0) is 11.0. The van der Waals surface area contributed by atoms with Gasteiger partial charge in [-0.2, -0.15) is 16.9 Å². The Morgan fingerprint density at radius 1 is 1.50 bits per heavy atom. The third kappa shape index (κ3) is 1.78. The molecule has 2 unspecified atom stereocenters. The lowest BCUT2D eigenvalue weighted by Gasteiger charge is -2.13. The molecule has 1 aromatic heterocycles. The Morgan fingerprint density at radius 2 is 2.44 bits per heavy atom. The van der Waals surface area contributed by atoms with Gasteiger partial charge in [0.05, 0.1) is 17.4 Å². The molecule has 3 nitrogen and oxygen atoms in total. The molecule has 2 aromatic rings. The maximum Gasteiger partial charge on any atom is 0.0881 e. The number of aromatic nitrogens is 2. The molecule has 84 valence electrons. The number of thioether (sulfide) groups is 1. The van der Waals surface area contributed by atoms with Crippen molar-refractivity contribution in [1.82, 2.24) is 10.2 Å². The number of hydrogen-bond acceptors (Lipinski definition) is 3. The lowest BCUT2D eigenvalue weighted by Crippen LogP contribution is -2.19. The first-order valence-electron chi connectivity index (χ1n) is 5.63.